The Balaban J connectivity index is 2.06. The van der Waals surface area contributed by atoms with Gasteiger partial charge in [0.1, 0.15) is 12.0 Å². The number of hydrogen-bond acceptors (Lipinski definition) is 5. The number of rotatable bonds is 6. The molecule has 3 atom stereocenters. The van der Waals surface area contributed by atoms with Crippen LogP contribution in [0.2, 0.25) is 0 Å². The molecule has 1 aliphatic carbocycles. The summed E-state index contributed by atoms with van der Waals surface area (Å²) in [6, 6.07) is 0.441. The van der Waals surface area contributed by atoms with Gasteiger partial charge in [0.2, 0.25) is 5.88 Å². The van der Waals surface area contributed by atoms with Gasteiger partial charge in [0.25, 0.3) is 0 Å². The summed E-state index contributed by atoms with van der Waals surface area (Å²) >= 11 is 0. The van der Waals surface area contributed by atoms with E-state index < -0.39 is 0 Å². The third-order valence-electron chi connectivity index (χ3n) is 4.36. The van der Waals surface area contributed by atoms with Crippen LogP contribution in [0, 0.1) is 11.8 Å². The smallest absolute Gasteiger partial charge is 0.242 e. The average Bonchev–Trinajstić information content (AvgIpc) is 2.80. The number of hydrogen-bond donors (Lipinski definition) is 2. The van der Waals surface area contributed by atoms with Gasteiger partial charge in [0, 0.05) is 6.04 Å². The summed E-state index contributed by atoms with van der Waals surface area (Å²) in [6.45, 7) is 7.25. The van der Waals surface area contributed by atoms with Crippen LogP contribution in [0.15, 0.2) is 6.33 Å². The van der Waals surface area contributed by atoms with Crippen LogP contribution in [0.1, 0.15) is 46.5 Å². The molecule has 112 valence electrons. The van der Waals surface area contributed by atoms with E-state index in [9.17, 15) is 0 Å². The lowest BCUT2D eigenvalue weighted by atomic mass is 9.93. The number of nitrogens with two attached hydrogens (primary N) is 1. The van der Waals surface area contributed by atoms with E-state index in [2.05, 4.69) is 36.1 Å². The van der Waals surface area contributed by atoms with E-state index in [0.717, 1.165) is 12.3 Å². The molecule has 0 amide bonds. The summed E-state index contributed by atoms with van der Waals surface area (Å²) < 4.78 is 5.54. The summed E-state index contributed by atoms with van der Waals surface area (Å²) in [6.07, 6.45) is 6.14. The van der Waals surface area contributed by atoms with Crippen molar-refractivity contribution in [3.63, 3.8) is 0 Å². The molecule has 1 heterocycles. The second-order valence-electron chi connectivity index (χ2n) is 5.65. The molecule has 1 aliphatic rings. The lowest BCUT2D eigenvalue weighted by Gasteiger charge is -2.22. The average molecular weight is 278 g/mol. The van der Waals surface area contributed by atoms with Crippen LogP contribution in [-0.4, -0.2) is 22.6 Å². The first-order valence-corrected chi connectivity index (χ1v) is 7.67. The molecule has 1 aromatic rings. The van der Waals surface area contributed by atoms with Gasteiger partial charge in [0.05, 0.1) is 6.61 Å². The van der Waals surface area contributed by atoms with Crippen molar-refractivity contribution in [3.8, 4) is 5.88 Å². The SMILES string of the molecule is CCCOc1ncnc(NC2CCC(CC)C2C)c1N. The Morgan fingerprint density at radius 3 is 2.80 bits per heavy atom. The molecule has 20 heavy (non-hydrogen) atoms. The Hall–Kier alpha value is -1.52. The van der Waals surface area contributed by atoms with Gasteiger partial charge in [-0.25, -0.2) is 4.98 Å². The molecule has 0 radical (unpaired) electrons. The van der Waals surface area contributed by atoms with Gasteiger partial charge in [-0.2, -0.15) is 4.98 Å². The number of ether oxygens (including phenoxy) is 1. The topological polar surface area (TPSA) is 73.1 Å². The molecule has 1 fully saturated rings. The highest BCUT2D eigenvalue weighted by Gasteiger charge is 2.32. The first kappa shape index (κ1) is 14.9. The highest BCUT2D eigenvalue weighted by molar-refractivity contribution is 5.66. The number of nitrogens with zero attached hydrogens (tertiary/aromatic N) is 2. The summed E-state index contributed by atoms with van der Waals surface area (Å²) in [5.41, 5.74) is 6.62. The number of nitrogens with one attached hydrogen (secondary N) is 1. The van der Waals surface area contributed by atoms with Crippen LogP contribution in [0.4, 0.5) is 11.5 Å². The van der Waals surface area contributed by atoms with Crippen LogP contribution in [-0.2, 0) is 0 Å². The van der Waals surface area contributed by atoms with E-state index >= 15 is 0 Å². The van der Waals surface area contributed by atoms with Crippen molar-refractivity contribution >= 4 is 11.5 Å². The molecular weight excluding hydrogens is 252 g/mol. The molecule has 5 heteroatoms. The maximum Gasteiger partial charge on any atom is 0.242 e. The van der Waals surface area contributed by atoms with E-state index in [1.807, 2.05) is 0 Å². The van der Waals surface area contributed by atoms with Crippen LogP contribution < -0.4 is 15.8 Å². The largest absolute Gasteiger partial charge is 0.476 e. The fourth-order valence-corrected chi connectivity index (χ4v) is 3.01. The molecule has 5 nitrogen and oxygen atoms in total. The van der Waals surface area contributed by atoms with Gasteiger partial charge < -0.3 is 15.8 Å². The van der Waals surface area contributed by atoms with E-state index in [1.165, 1.54) is 25.6 Å². The highest BCUT2D eigenvalue weighted by Crippen LogP contribution is 2.36. The van der Waals surface area contributed by atoms with Gasteiger partial charge in [-0.05, 0) is 31.1 Å². The second-order valence-corrected chi connectivity index (χ2v) is 5.65. The zero-order valence-corrected chi connectivity index (χ0v) is 12.7. The standard InChI is InChI=1S/C15H26N4O/c1-4-8-20-15-13(16)14(17-9-18-15)19-12-7-6-11(5-2)10(12)3/h9-12H,4-8,16H2,1-3H3,(H,17,18,19). The van der Waals surface area contributed by atoms with E-state index in [1.54, 1.807) is 0 Å². The predicted octanol–water partition coefficient (Wildman–Crippen LogP) is 3.08. The molecular formula is C15H26N4O. The molecule has 3 unspecified atom stereocenters. The maximum absolute atomic E-state index is 6.10. The van der Waals surface area contributed by atoms with Gasteiger partial charge in [0.15, 0.2) is 5.82 Å². The third kappa shape index (κ3) is 3.14. The zero-order chi connectivity index (χ0) is 14.5. The monoisotopic (exact) mass is 278 g/mol. The van der Waals surface area contributed by atoms with Crippen molar-refractivity contribution in [1.82, 2.24) is 9.97 Å². The number of aromatic nitrogens is 2. The molecule has 0 spiro atoms. The van der Waals surface area contributed by atoms with Crippen LogP contribution >= 0.6 is 0 Å². The van der Waals surface area contributed by atoms with Crippen LogP contribution in [0.25, 0.3) is 0 Å². The summed E-state index contributed by atoms with van der Waals surface area (Å²) in [4.78, 5) is 8.37. The van der Waals surface area contributed by atoms with Gasteiger partial charge in [-0.1, -0.05) is 27.2 Å². The van der Waals surface area contributed by atoms with Crippen molar-refractivity contribution in [2.45, 2.75) is 52.5 Å². The third-order valence-corrected chi connectivity index (χ3v) is 4.36. The molecule has 0 aromatic carbocycles. The minimum Gasteiger partial charge on any atom is -0.476 e. The Bertz CT molecular complexity index is 438. The van der Waals surface area contributed by atoms with E-state index in [-0.39, 0.29) is 0 Å². The molecule has 0 bridgehead atoms. The summed E-state index contributed by atoms with van der Waals surface area (Å²) in [7, 11) is 0. The molecule has 3 N–H and O–H groups in total. The summed E-state index contributed by atoms with van der Waals surface area (Å²) in [5, 5.41) is 3.48. The second kappa shape index (κ2) is 6.77. The summed E-state index contributed by atoms with van der Waals surface area (Å²) in [5.74, 6) is 2.64. The van der Waals surface area contributed by atoms with Gasteiger partial charge in [-0.15, -0.1) is 0 Å². The van der Waals surface area contributed by atoms with E-state index in [0.29, 0.717) is 36.0 Å². The Morgan fingerprint density at radius 1 is 1.35 bits per heavy atom. The van der Waals surface area contributed by atoms with E-state index in [4.69, 9.17) is 10.5 Å². The Labute approximate surface area is 121 Å². The van der Waals surface area contributed by atoms with Gasteiger partial charge >= 0.3 is 0 Å². The fourth-order valence-electron chi connectivity index (χ4n) is 3.01. The first-order valence-electron chi connectivity index (χ1n) is 7.67. The lowest BCUT2D eigenvalue weighted by Crippen LogP contribution is -2.25. The predicted molar refractivity (Wildman–Crippen MR) is 81.8 cm³/mol. The normalized spacial score (nSPS) is 25.6. The maximum atomic E-state index is 6.10. The Morgan fingerprint density at radius 2 is 2.15 bits per heavy atom. The molecule has 1 aromatic heterocycles. The quantitative estimate of drug-likeness (QED) is 0.836. The van der Waals surface area contributed by atoms with Crippen molar-refractivity contribution in [3.05, 3.63) is 6.33 Å². The first-order chi connectivity index (χ1) is 9.67. The van der Waals surface area contributed by atoms with Crippen LogP contribution in [0.3, 0.4) is 0 Å². The fraction of sp³-hybridized carbons (Fsp3) is 0.733. The number of nitrogen functional groups attached to an aromatic ring is 1. The molecule has 0 saturated heterocycles. The number of anilines is 2. The minimum atomic E-state index is 0.441. The zero-order valence-electron chi connectivity index (χ0n) is 12.7. The van der Waals surface area contributed by atoms with Gasteiger partial charge in [-0.3, -0.25) is 0 Å². The lowest BCUT2D eigenvalue weighted by molar-refractivity contribution is 0.306. The molecule has 2 rings (SSSR count). The van der Waals surface area contributed by atoms with Crippen molar-refractivity contribution in [2.24, 2.45) is 11.8 Å². The highest BCUT2D eigenvalue weighted by atomic mass is 16.5. The van der Waals surface area contributed by atoms with Crippen molar-refractivity contribution < 1.29 is 4.74 Å². The molecule has 1 saturated carbocycles. The van der Waals surface area contributed by atoms with Crippen LogP contribution in [0.5, 0.6) is 5.88 Å². The van der Waals surface area contributed by atoms with Crippen molar-refractivity contribution in [1.29, 1.82) is 0 Å². The Kier molecular flexibility index (Phi) is 5.04. The van der Waals surface area contributed by atoms with Crippen molar-refractivity contribution in [2.75, 3.05) is 17.7 Å². The minimum absolute atomic E-state index is 0.441. The molecule has 0 aliphatic heterocycles.